The number of carbonyl (C=O) groups is 1. The van der Waals surface area contributed by atoms with Crippen molar-refractivity contribution < 1.29 is 18.8 Å². The van der Waals surface area contributed by atoms with Crippen molar-refractivity contribution >= 4 is 23.2 Å². The number of benzene rings is 2. The van der Waals surface area contributed by atoms with Gasteiger partial charge in [-0.05, 0) is 19.1 Å². The average Bonchev–Trinajstić information content (AvgIpc) is 3.44. The molecule has 0 radical (unpaired) electrons. The minimum atomic E-state index is -0.314. The summed E-state index contributed by atoms with van der Waals surface area (Å²) in [7, 11) is 1.70. The first-order chi connectivity index (χ1) is 16.5. The molecule has 0 unspecified atom stereocenters. The van der Waals surface area contributed by atoms with E-state index in [9.17, 15) is 4.79 Å². The molecule has 2 aromatic carbocycles. The molecule has 11 nitrogen and oxygen atoms in total. The number of anilines is 3. The van der Waals surface area contributed by atoms with Crippen LogP contribution in [0.2, 0.25) is 0 Å². The number of nitrogens with zero attached hydrogens (tertiary/aromatic N) is 4. The Labute approximate surface area is 194 Å². The maximum Gasteiger partial charge on any atom is 0.265 e. The Bertz CT molecular complexity index is 1340. The predicted molar refractivity (Wildman–Crippen MR) is 126 cm³/mol. The lowest BCUT2D eigenvalue weighted by molar-refractivity contribution is -0.116. The number of ether oxygens (including phenoxy) is 2. The van der Waals surface area contributed by atoms with Gasteiger partial charge in [0.15, 0.2) is 17.3 Å². The second kappa shape index (κ2) is 8.77. The molecule has 0 aliphatic carbocycles. The lowest BCUT2D eigenvalue weighted by atomic mass is 10.1. The van der Waals surface area contributed by atoms with Crippen LogP contribution in [0.4, 0.5) is 17.3 Å². The maximum atomic E-state index is 12.7. The van der Waals surface area contributed by atoms with Crippen LogP contribution in [0.15, 0.2) is 47.0 Å². The summed E-state index contributed by atoms with van der Waals surface area (Å²) in [4.78, 5) is 17.2. The Morgan fingerprint density at radius 2 is 1.88 bits per heavy atom. The van der Waals surface area contributed by atoms with E-state index in [1.807, 2.05) is 31.2 Å². The number of amides is 1. The van der Waals surface area contributed by atoms with E-state index in [1.165, 1.54) is 4.68 Å². The molecule has 4 N–H and O–H groups in total. The Hall–Kier alpha value is -4.54. The highest BCUT2D eigenvalue weighted by Gasteiger charge is 2.24. The van der Waals surface area contributed by atoms with Gasteiger partial charge in [0.05, 0.1) is 0 Å². The summed E-state index contributed by atoms with van der Waals surface area (Å²) >= 11 is 0. The van der Waals surface area contributed by atoms with Crippen molar-refractivity contribution in [2.45, 2.75) is 13.5 Å². The van der Waals surface area contributed by atoms with Gasteiger partial charge in [-0.15, -0.1) is 0 Å². The fraction of sp³-hybridized carbons (Fsp3) is 0.217. The summed E-state index contributed by atoms with van der Waals surface area (Å²) in [6.45, 7) is 2.85. The number of carbonyl (C=O) groups excluding carboxylic acids is 1. The highest BCUT2D eigenvalue weighted by Crippen LogP contribution is 2.34. The minimum Gasteiger partial charge on any atom is -0.486 e. The van der Waals surface area contributed by atoms with Crippen LogP contribution in [-0.4, -0.2) is 46.1 Å². The molecule has 1 amide bonds. The van der Waals surface area contributed by atoms with Gasteiger partial charge in [0.25, 0.3) is 5.89 Å². The zero-order chi connectivity index (χ0) is 23.7. The lowest BCUT2D eigenvalue weighted by Crippen LogP contribution is -2.21. The molecule has 1 aliphatic heterocycles. The van der Waals surface area contributed by atoms with Gasteiger partial charge < -0.3 is 30.4 Å². The molecule has 34 heavy (non-hydrogen) atoms. The molecule has 1 aliphatic rings. The first kappa shape index (κ1) is 21.3. The minimum absolute atomic E-state index is 0.117. The van der Waals surface area contributed by atoms with Gasteiger partial charge in [-0.1, -0.05) is 35.0 Å². The molecule has 0 bridgehead atoms. The highest BCUT2D eigenvalue weighted by molar-refractivity contribution is 5.92. The molecular formula is C23H23N7O4. The topological polar surface area (TPSA) is 142 Å². The van der Waals surface area contributed by atoms with Crippen LogP contribution in [-0.2, 0) is 11.3 Å². The molecule has 0 fully saturated rings. The number of rotatable bonds is 6. The molecular weight excluding hydrogens is 438 g/mol. The molecule has 5 rings (SSSR count). The van der Waals surface area contributed by atoms with Crippen LogP contribution in [0.1, 0.15) is 5.56 Å². The lowest BCUT2D eigenvalue weighted by Gasteiger charge is -2.19. The fourth-order valence-corrected chi connectivity index (χ4v) is 3.58. The first-order valence-corrected chi connectivity index (χ1v) is 10.7. The molecule has 11 heteroatoms. The Morgan fingerprint density at radius 3 is 2.65 bits per heavy atom. The van der Waals surface area contributed by atoms with Gasteiger partial charge in [0.2, 0.25) is 11.7 Å². The summed E-state index contributed by atoms with van der Waals surface area (Å²) < 4.78 is 17.9. The van der Waals surface area contributed by atoms with Crippen molar-refractivity contribution in [3.05, 3.63) is 48.0 Å². The second-order valence-electron chi connectivity index (χ2n) is 7.71. The largest absolute Gasteiger partial charge is 0.486 e. The number of hydrogen-bond donors (Lipinski definition) is 3. The summed E-state index contributed by atoms with van der Waals surface area (Å²) in [5.41, 5.74) is 9.28. The van der Waals surface area contributed by atoms with E-state index in [0.29, 0.717) is 47.6 Å². The molecule has 0 saturated heterocycles. The van der Waals surface area contributed by atoms with E-state index in [-0.39, 0.29) is 24.2 Å². The molecule has 174 valence electrons. The molecule has 0 atom stereocenters. The van der Waals surface area contributed by atoms with Crippen LogP contribution in [0, 0.1) is 6.92 Å². The van der Waals surface area contributed by atoms with E-state index in [2.05, 4.69) is 25.9 Å². The van der Waals surface area contributed by atoms with Crippen molar-refractivity contribution in [2.24, 2.45) is 0 Å². The summed E-state index contributed by atoms with van der Waals surface area (Å²) in [6.07, 6.45) is 0. The van der Waals surface area contributed by atoms with E-state index in [1.54, 1.807) is 25.2 Å². The Morgan fingerprint density at radius 1 is 1.12 bits per heavy atom. The SMILES string of the molecule is CNc1nn(CC(=O)Nc2ccc3c(c2)OCCO3)c(N)c1-c1nc(-c2ccc(C)cc2)no1. The van der Waals surface area contributed by atoms with Gasteiger partial charge in [0.1, 0.15) is 31.1 Å². The van der Waals surface area contributed by atoms with Crippen molar-refractivity contribution in [2.75, 3.05) is 36.6 Å². The van der Waals surface area contributed by atoms with Crippen LogP contribution < -0.4 is 25.8 Å². The molecule has 4 aromatic rings. The normalized spacial score (nSPS) is 12.4. The van der Waals surface area contributed by atoms with Gasteiger partial charge in [-0.3, -0.25) is 4.79 Å². The van der Waals surface area contributed by atoms with Gasteiger partial charge in [-0.25, -0.2) is 4.68 Å². The number of nitrogens with one attached hydrogen (secondary N) is 2. The predicted octanol–water partition coefficient (Wildman–Crippen LogP) is 2.94. The maximum absolute atomic E-state index is 12.7. The number of aromatic nitrogens is 4. The van der Waals surface area contributed by atoms with Gasteiger partial charge in [0, 0.05) is 24.4 Å². The highest BCUT2D eigenvalue weighted by atomic mass is 16.6. The van der Waals surface area contributed by atoms with Crippen LogP contribution in [0.5, 0.6) is 11.5 Å². The van der Waals surface area contributed by atoms with Gasteiger partial charge >= 0.3 is 0 Å². The molecule has 0 spiro atoms. The third-order valence-electron chi connectivity index (χ3n) is 5.30. The quantitative estimate of drug-likeness (QED) is 0.395. The van der Waals surface area contributed by atoms with Crippen molar-refractivity contribution in [3.8, 4) is 34.3 Å². The Kier molecular flexibility index (Phi) is 5.50. The van der Waals surface area contributed by atoms with Crippen molar-refractivity contribution in [1.29, 1.82) is 0 Å². The third-order valence-corrected chi connectivity index (χ3v) is 5.30. The zero-order valence-electron chi connectivity index (χ0n) is 18.7. The fourth-order valence-electron chi connectivity index (χ4n) is 3.58. The third kappa shape index (κ3) is 4.10. The number of aryl methyl sites for hydroxylation is 1. The number of hydrogen-bond acceptors (Lipinski definition) is 9. The van der Waals surface area contributed by atoms with Crippen LogP contribution >= 0.6 is 0 Å². The number of nitrogen functional groups attached to an aromatic ring is 1. The Balaban J connectivity index is 1.35. The van der Waals surface area contributed by atoms with Crippen LogP contribution in [0.25, 0.3) is 22.8 Å². The van der Waals surface area contributed by atoms with E-state index < -0.39 is 0 Å². The van der Waals surface area contributed by atoms with E-state index in [4.69, 9.17) is 19.7 Å². The summed E-state index contributed by atoms with van der Waals surface area (Å²) in [6, 6.07) is 13.0. The molecule has 2 aromatic heterocycles. The summed E-state index contributed by atoms with van der Waals surface area (Å²) in [5, 5.41) is 14.2. The first-order valence-electron chi connectivity index (χ1n) is 10.7. The van der Waals surface area contributed by atoms with E-state index in [0.717, 1.165) is 11.1 Å². The van der Waals surface area contributed by atoms with E-state index >= 15 is 0 Å². The van der Waals surface area contributed by atoms with Gasteiger partial charge in [-0.2, -0.15) is 10.1 Å². The summed E-state index contributed by atoms with van der Waals surface area (Å²) in [5.74, 6) is 2.20. The second-order valence-corrected chi connectivity index (χ2v) is 7.71. The zero-order valence-corrected chi connectivity index (χ0v) is 18.7. The average molecular weight is 461 g/mol. The smallest absolute Gasteiger partial charge is 0.265 e. The van der Waals surface area contributed by atoms with Crippen molar-refractivity contribution in [3.63, 3.8) is 0 Å². The number of fused-ring (bicyclic) bond motifs is 1. The van der Waals surface area contributed by atoms with Crippen molar-refractivity contribution in [1.82, 2.24) is 19.9 Å². The standard InChI is InChI=1S/C23H23N7O4/c1-13-3-5-14(6-4-13)21-27-23(34-29-21)19-20(24)30(28-22(19)25-2)12-18(31)26-15-7-8-16-17(11-15)33-10-9-32-16/h3-8,11H,9-10,12,24H2,1-2H3,(H,25,28)(H,26,31). The number of nitrogens with two attached hydrogens (primary N) is 1. The van der Waals surface area contributed by atoms with Crippen LogP contribution in [0.3, 0.4) is 0 Å². The monoisotopic (exact) mass is 461 g/mol. The molecule has 3 heterocycles. The molecule has 0 saturated carbocycles.